The molecule has 0 bridgehead atoms. The second-order valence-electron chi connectivity index (χ2n) is 7.63. The number of carbonyl (C=O) groups excluding carboxylic acids is 2. The number of amides is 2. The van der Waals surface area contributed by atoms with Gasteiger partial charge in [-0.2, -0.15) is 4.72 Å². The van der Waals surface area contributed by atoms with Gasteiger partial charge in [0.15, 0.2) is 0 Å². The van der Waals surface area contributed by atoms with E-state index < -0.39 is 22.0 Å². The Morgan fingerprint density at radius 2 is 1.69 bits per heavy atom. The lowest BCUT2D eigenvalue weighted by molar-refractivity contribution is -0.142. The number of benzene rings is 2. The van der Waals surface area contributed by atoms with Crippen molar-refractivity contribution in [3.8, 4) is 0 Å². The normalized spacial score (nSPS) is 12.1. The van der Waals surface area contributed by atoms with Gasteiger partial charge in [0.05, 0.1) is 12.0 Å². The van der Waals surface area contributed by atoms with E-state index in [0.29, 0.717) is 19.4 Å². The smallest absolute Gasteiger partial charge is 0.323 e. The Morgan fingerprint density at radius 3 is 2.34 bits per heavy atom. The molecule has 0 aromatic heterocycles. The van der Waals surface area contributed by atoms with Crippen molar-refractivity contribution < 1.29 is 22.7 Å². The number of nitrogens with one attached hydrogen (secondary N) is 3. The van der Waals surface area contributed by atoms with Gasteiger partial charge in [-0.05, 0) is 69.4 Å². The quantitative estimate of drug-likeness (QED) is 0.371. The molecule has 32 heavy (non-hydrogen) atoms. The number of aryl methyl sites for hydroxylation is 2. The van der Waals surface area contributed by atoms with Gasteiger partial charge in [-0.25, -0.2) is 13.2 Å². The highest BCUT2D eigenvalue weighted by Crippen LogP contribution is 2.17. The standard InChI is InChI=1S/C23H31N3O5S/c1-16-11-13-19(14-12-16)32(29,30)26-21(22(27)31-4)9-5-6-15-24-23(28)25-20-10-7-8-17(2)18(20)3/h7-8,10-14,21,26H,5-6,9,15H2,1-4H3,(H2,24,25,28). The maximum Gasteiger partial charge on any atom is 0.323 e. The molecule has 0 heterocycles. The highest BCUT2D eigenvalue weighted by molar-refractivity contribution is 7.89. The summed E-state index contributed by atoms with van der Waals surface area (Å²) < 4.78 is 32.4. The number of carbonyl (C=O) groups is 2. The average molecular weight is 462 g/mol. The number of ether oxygens (including phenoxy) is 1. The first-order chi connectivity index (χ1) is 15.1. The van der Waals surface area contributed by atoms with Crippen LogP contribution >= 0.6 is 0 Å². The molecular weight excluding hydrogens is 430 g/mol. The minimum absolute atomic E-state index is 0.0850. The number of unbranched alkanes of at least 4 members (excludes halogenated alkanes) is 1. The van der Waals surface area contributed by atoms with E-state index in [-0.39, 0.29) is 17.3 Å². The fourth-order valence-corrected chi connectivity index (χ4v) is 4.29. The number of urea groups is 1. The van der Waals surface area contributed by atoms with Gasteiger partial charge in [0.1, 0.15) is 6.04 Å². The molecule has 0 aliphatic heterocycles. The summed E-state index contributed by atoms with van der Waals surface area (Å²) in [5.74, 6) is -0.652. The molecule has 0 saturated heterocycles. The third kappa shape index (κ3) is 7.35. The maximum absolute atomic E-state index is 12.6. The first-order valence-electron chi connectivity index (χ1n) is 10.4. The summed E-state index contributed by atoms with van der Waals surface area (Å²) in [4.78, 5) is 24.3. The van der Waals surface area contributed by atoms with Gasteiger partial charge < -0.3 is 15.4 Å². The highest BCUT2D eigenvalue weighted by atomic mass is 32.2. The molecule has 9 heteroatoms. The average Bonchev–Trinajstić information content (AvgIpc) is 2.75. The van der Waals surface area contributed by atoms with Gasteiger partial charge in [0, 0.05) is 12.2 Å². The molecule has 0 aliphatic carbocycles. The zero-order chi connectivity index (χ0) is 23.7. The Balaban J connectivity index is 1.83. The van der Waals surface area contributed by atoms with Crippen LogP contribution in [0.3, 0.4) is 0 Å². The predicted molar refractivity (Wildman–Crippen MR) is 124 cm³/mol. The molecule has 174 valence electrons. The Bertz CT molecular complexity index is 1040. The van der Waals surface area contributed by atoms with Crippen molar-refractivity contribution in [1.29, 1.82) is 0 Å². The summed E-state index contributed by atoms with van der Waals surface area (Å²) >= 11 is 0. The molecule has 2 aromatic carbocycles. The molecular formula is C23H31N3O5S. The molecule has 2 amide bonds. The second-order valence-corrected chi connectivity index (χ2v) is 9.35. The van der Waals surface area contributed by atoms with E-state index in [2.05, 4.69) is 15.4 Å². The van der Waals surface area contributed by atoms with Crippen molar-refractivity contribution in [2.24, 2.45) is 0 Å². The number of anilines is 1. The first kappa shape index (κ1) is 25.4. The lowest BCUT2D eigenvalue weighted by atomic mass is 10.1. The number of rotatable bonds is 10. The third-order valence-corrected chi connectivity index (χ3v) is 6.66. The molecule has 0 radical (unpaired) electrons. The molecule has 0 spiro atoms. The summed E-state index contributed by atoms with van der Waals surface area (Å²) in [5, 5.41) is 5.58. The lowest BCUT2D eigenvalue weighted by Gasteiger charge is -2.17. The van der Waals surface area contributed by atoms with Crippen molar-refractivity contribution >= 4 is 27.7 Å². The van der Waals surface area contributed by atoms with Crippen LogP contribution in [0, 0.1) is 20.8 Å². The topological polar surface area (TPSA) is 114 Å². The van der Waals surface area contributed by atoms with Crippen LogP contribution in [-0.2, 0) is 19.6 Å². The summed E-state index contributed by atoms with van der Waals surface area (Å²) in [6, 6.07) is 10.7. The second kappa shape index (κ2) is 11.6. The van der Waals surface area contributed by atoms with Crippen LogP contribution in [0.25, 0.3) is 0 Å². The fraction of sp³-hybridized carbons (Fsp3) is 0.391. The lowest BCUT2D eigenvalue weighted by Crippen LogP contribution is -2.41. The van der Waals surface area contributed by atoms with Gasteiger partial charge in [-0.3, -0.25) is 4.79 Å². The van der Waals surface area contributed by atoms with Crippen molar-refractivity contribution in [3.63, 3.8) is 0 Å². The van der Waals surface area contributed by atoms with E-state index in [1.54, 1.807) is 12.1 Å². The zero-order valence-corrected chi connectivity index (χ0v) is 19.7. The predicted octanol–water partition coefficient (Wildman–Crippen LogP) is 3.42. The molecule has 2 aromatic rings. The largest absolute Gasteiger partial charge is 0.468 e. The number of hydrogen-bond donors (Lipinski definition) is 3. The number of hydrogen-bond acceptors (Lipinski definition) is 5. The number of sulfonamides is 1. The van der Waals surface area contributed by atoms with Crippen LogP contribution in [0.15, 0.2) is 47.4 Å². The molecule has 3 N–H and O–H groups in total. The fourth-order valence-electron chi connectivity index (χ4n) is 3.07. The Hall–Kier alpha value is -2.91. The number of methoxy groups -OCH3 is 1. The number of esters is 1. The van der Waals surface area contributed by atoms with E-state index in [1.807, 2.05) is 39.0 Å². The van der Waals surface area contributed by atoms with Crippen molar-refractivity contribution in [2.45, 2.75) is 51.0 Å². The van der Waals surface area contributed by atoms with E-state index in [0.717, 1.165) is 22.4 Å². The molecule has 0 saturated carbocycles. The maximum atomic E-state index is 12.6. The molecule has 2 rings (SSSR count). The van der Waals surface area contributed by atoms with Gasteiger partial charge in [-0.1, -0.05) is 29.8 Å². The first-order valence-corrected chi connectivity index (χ1v) is 11.9. The van der Waals surface area contributed by atoms with Crippen LogP contribution in [0.2, 0.25) is 0 Å². The van der Waals surface area contributed by atoms with E-state index in [4.69, 9.17) is 4.74 Å². The third-order valence-electron chi connectivity index (χ3n) is 5.17. The van der Waals surface area contributed by atoms with Crippen LogP contribution in [-0.4, -0.2) is 40.1 Å². The molecule has 1 atom stereocenters. The van der Waals surface area contributed by atoms with Gasteiger partial charge in [0.2, 0.25) is 10.0 Å². The minimum atomic E-state index is -3.86. The summed E-state index contributed by atoms with van der Waals surface area (Å²) in [7, 11) is -2.64. The zero-order valence-electron chi connectivity index (χ0n) is 18.9. The van der Waals surface area contributed by atoms with Crippen molar-refractivity contribution in [2.75, 3.05) is 19.0 Å². The molecule has 1 unspecified atom stereocenters. The monoisotopic (exact) mass is 461 g/mol. The Morgan fingerprint density at radius 1 is 1.00 bits per heavy atom. The Labute approximate surface area is 189 Å². The van der Waals surface area contributed by atoms with Crippen LogP contribution in [0.1, 0.15) is 36.0 Å². The van der Waals surface area contributed by atoms with Crippen LogP contribution in [0.5, 0.6) is 0 Å². The van der Waals surface area contributed by atoms with Crippen LogP contribution < -0.4 is 15.4 Å². The minimum Gasteiger partial charge on any atom is -0.468 e. The van der Waals surface area contributed by atoms with Crippen LogP contribution in [0.4, 0.5) is 10.5 Å². The van der Waals surface area contributed by atoms with Gasteiger partial charge >= 0.3 is 12.0 Å². The summed E-state index contributed by atoms with van der Waals surface area (Å²) in [6.07, 6.45) is 1.33. The Kier molecular flexibility index (Phi) is 9.22. The molecule has 8 nitrogen and oxygen atoms in total. The molecule has 0 fully saturated rings. The highest BCUT2D eigenvalue weighted by Gasteiger charge is 2.26. The SMILES string of the molecule is COC(=O)C(CCCCNC(=O)Nc1cccc(C)c1C)NS(=O)(=O)c1ccc(C)cc1. The van der Waals surface area contributed by atoms with E-state index in [9.17, 15) is 18.0 Å². The van der Waals surface area contributed by atoms with E-state index in [1.165, 1.54) is 19.2 Å². The van der Waals surface area contributed by atoms with Crippen molar-refractivity contribution in [1.82, 2.24) is 10.0 Å². The van der Waals surface area contributed by atoms with Gasteiger partial charge in [0.25, 0.3) is 0 Å². The summed E-state index contributed by atoms with van der Waals surface area (Å²) in [6.45, 7) is 6.16. The van der Waals surface area contributed by atoms with Crippen molar-refractivity contribution in [3.05, 3.63) is 59.2 Å². The van der Waals surface area contributed by atoms with E-state index >= 15 is 0 Å². The molecule has 0 aliphatic rings. The summed E-state index contributed by atoms with van der Waals surface area (Å²) in [5.41, 5.74) is 3.77. The van der Waals surface area contributed by atoms with Gasteiger partial charge in [-0.15, -0.1) is 0 Å².